The zero-order chi connectivity index (χ0) is 23.9. The van der Waals surface area contributed by atoms with Gasteiger partial charge in [-0.15, -0.1) is 11.6 Å². The van der Waals surface area contributed by atoms with Gasteiger partial charge in [0, 0.05) is 0 Å². The number of aliphatic hydroxyl groups is 1. The van der Waals surface area contributed by atoms with Gasteiger partial charge < -0.3 is 19.3 Å². The fourth-order valence-corrected chi connectivity index (χ4v) is 3.29. The molecule has 3 amide bonds. The van der Waals surface area contributed by atoms with Gasteiger partial charge in [-0.2, -0.15) is 0 Å². The van der Waals surface area contributed by atoms with E-state index < -0.39 is 64.1 Å². The summed E-state index contributed by atoms with van der Waals surface area (Å²) in [6, 6.07) is -0.805. The van der Waals surface area contributed by atoms with Crippen LogP contribution in [0.2, 0.25) is 0 Å². The molecule has 0 aliphatic carbocycles. The number of amides is 3. The Labute approximate surface area is 186 Å². The highest BCUT2D eigenvalue weighted by atomic mass is 35.5. The van der Waals surface area contributed by atoms with E-state index in [0.717, 1.165) is 4.90 Å². The Morgan fingerprint density at radius 3 is 2.26 bits per heavy atom. The number of carbonyl (C=O) groups is 4. The number of esters is 2. The van der Waals surface area contributed by atoms with Gasteiger partial charge in [0.15, 0.2) is 17.9 Å². The van der Waals surface area contributed by atoms with E-state index in [9.17, 15) is 24.3 Å². The number of rotatable bonds is 4. The number of halogens is 1. The number of alkyl halides is 1. The summed E-state index contributed by atoms with van der Waals surface area (Å²) in [5.74, 6) is -1.88. The molecule has 2 unspecified atom stereocenters. The fourth-order valence-electron chi connectivity index (χ4n) is 2.88. The summed E-state index contributed by atoms with van der Waals surface area (Å²) in [6.45, 7) is 10.7. The molecular weight excluding hydrogens is 432 g/mol. The molecule has 0 saturated carbocycles. The van der Waals surface area contributed by atoms with Crippen LogP contribution >= 0.6 is 11.6 Å². The third kappa shape index (κ3) is 5.67. The summed E-state index contributed by atoms with van der Waals surface area (Å²) in [7, 11) is 0. The Morgan fingerprint density at radius 1 is 1.19 bits per heavy atom. The lowest BCUT2D eigenvalue weighted by atomic mass is 9.97. The first-order chi connectivity index (χ1) is 13.9. The maximum Gasteiger partial charge on any atom is 0.326 e. The van der Waals surface area contributed by atoms with Crippen molar-refractivity contribution in [2.45, 2.75) is 77.9 Å². The smallest absolute Gasteiger partial charge is 0.326 e. The van der Waals surface area contributed by atoms with Crippen LogP contribution in [0.3, 0.4) is 0 Å². The molecule has 0 aromatic heterocycles. The molecule has 2 aliphatic heterocycles. The van der Waals surface area contributed by atoms with Crippen LogP contribution in [-0.2, 0) is 28.6 Å². The van der Waals surface area contributed by atoms with Crippen molar-refractivity contribution in [1.29, 1.82) is 0 Å². The summed E-state index contributed by atoms with van der Waals surface area (Å²) in [4.78, 5) is 49.9. The molecule has 2 saturated heterocycles. The highest BCUT2D eigenvalue weighted by Crippen LogP contribution is 2.34. The number of carbonyl (C=O) groups excluding carboxylic acids is 4. The summed E-state index contributed by atoms with van der Waals surface area (Å²) in [6.07, 6.45) is -3.14. The highest BCUT2D eigenvalue weighted by Gasteiger charge is 2.54. The predicted octanol–water partition coefficient (Wildman–Crippen LogP) is 1.17. The zero-order valence-corrected chi connectivity index (χ0v) is 19.6. The molecule has 10 nitrogen and oxygen atoms in total. The van der Waals surface area contributed by atoms with Gasteiger partial charge in [-0.25, -0.2) is 4.79 Å². The average Bonchev–Trinajstić information content (AvgIpc) is 2.90. The van der Waals surface area contributed by atoms with E-state index in [2.05, 4.69) is 0 Å². The van der Waals surface area contributed by atoms with Gasteiger partial charge >= 0.3 is 18.0 Å². The van der Waals surface area contributed by atoms with Crippen LogP contribution in [0.1, 0.15) is 48.5 Å². The molecule has 2 N–H and O–H groups in total. The lowest BCUT2D eigenvalue weighted by molar-refractivity contribution is -0.169. The van der Waals surface area contributed by atoms with Crippen molar-refractivity contribution >= 4 is 35.5 Å². The third-order valence-corrected chi connectivity index (χ3v) is 5.33. The third-order valence-electron chi connectivity index (χ3n) is 4.87. The predicted molar refractivity (Wildman–Crippen MR) is 109 cm³/mol. The first-order valence-corrected chi connectivity index (χ1v) is 10.4. The molecule has 0 radical (unpaired) electrons. The van der Waals surface area contributed by atoms with Crippen LogP contribution in [0.5, 0.6) is 0 Å². The van der Waals surface area contributed by atoms with Gasteiger partial charge in [-0.3, -0.25) is 24.6 Å². The Bertz CT molecular complexity index is 755. The highest BCUT2D eigenvalue weighted by molar-refractivity contribution is 6.22. The largest absolute Gasteiger partial charge is 0.462 e. The lowest BCUT2D eigenvalue weighted by Crippen LogP contribution is -2.66. The second kappa shape index (κ2) is 8.55. The van der Waals surface area contributed by atoms with Gasteiger partial charge in [0.2, 0.25) is 0 Å². The Morgan fingerprint density at radius 2 is 1.74 bits per heavy atom. The maximum absolute atomic E-state index is 12.5. The van der Waals surface area contributed by atoms with Crippen molar-refractivity contribution in [3.8, 4) is 0 Å². The molecule has 31 heavy (non-hydrogen) atoms. The molecule has 2 fully saturated rings. The van der Waals surface area contributed by atoms with Crippen LogP contribution in [0, 0.1) is 10.8 Å². The minimum absolute atomic E-state index is 0.261. The first kappa shape index (κ1) is 25.4. The SMILES string of the molecule is CC(C)(C)C(=O)OC[C@@H]1OC(N2CC(C)(O)C(=O)NC2=O)[C@@H](Cl)[C@H]1OC(=O)C(C)(C)C. The van der Waals surface area contributed by atoms with Crippen LogP contribution in [0.4, 0.5) is 4.79 Å². The van der Waals surface area contributed by atoms with Crippen molar-refractivity contribution in [3.05, 3.63) is 0 Å². The second-order valence-corrected chi connectivity index (χ2v) is 10.6. The minimum atomic E-state index is -1.86. The minimum Gasteiger partial charge on any atom is -0.462 e. The molecule has 5 atom stereocenters. The number of nitrogens with zero attached hydrogens (tertiary/aromatic N) is 1. The average molecular weight is 463 g/mol. The number of hydrogen-bond acceptors (Lipinski definition) is 8. The maximum atomic E-state index is 12.5. The monoisotopic (exact) mass is 462 g/mol. The molecule has 2 heterocycles. The van der Waals surface area contributed by atoms with Crippen LogP contribution in [0.15, 0.2) is 0 Å². The van der Waals surface area contributed by atoms with Crippen LogP contribution in [-0.4, -0.2) is 76.4 Å². The number of urea groups is 1. The zero-order valence-electron chi connectivity index (χ0n) is 18.9. The van der Waals surface area contributed by atoms with Crippen molar-refractivity contribution in [2.24, 2.45) is 10.8 Å². The number of hydrogen-bond donors (Lipinski definition) is 2. The second-order valence-electron chi connectivity index (χ2n) is 10.1. The van der Waals surface area contributed by atoms with Crippen LogP contribution < -0.4 is 5.32 Å². The van der Waals surface area contributed by atoms with Crippen molar-refractivity contribution in [2.75, 3.05) is 13.2 Å². The molecule has 0 bridgehead atoms. The van der Waals surface area contributed by atoms with Gasteiger partial charge in [0.1, 0.15) is 18.1 Å². The molecule has 0 aromatic carbocycles. The van der Waals surface area contributed by atoms with Crippen molar-refractivity contribution in [3.63, 3.8) is 0 Å². The Kier molecular flexibility index (Phi) is 7.00. The topological polar surface area (TPSA) is 131 Å². The number of ether oxygens (including phenoxy) is 3. The summed E-state index contributed by atoms with van der Waals surface area (Å²) in [5.41, 5.74) is -3.45. The van der Waals surface area contributed by atoms with E-state index in [-0.39, 0.29) is 13.2 Å². The summed E-state index contributed by atoms with van der Waals surface area (Å²) < 4.78 is 16.8. The molecule has 2 rings (SSSR count). The molecule has 11 heteroatoms. The fraction of sp³-hybridized carbons (Fsp3) is 0.800. The Balaban J connectivity index is 2.25. The van der Waals surface area contributed by atoms with Gasteiger partial charge in [-0.1, -0.05) is 0 Å². The molecule has 0 aromatic rings. The van der Waals surface area contributed by atoms with E-state index in [0.29, 0.717) is 0 Å². The molecule has 176 valence electrons. The summed E-state index contributed by atoms with van der Waals surface area (Å²) in [5, 5.41) is 11.3. The summed E-state index contributed by atoms with van der Waals surface area (Å²) >= 11 is 6.54. The van der Waals surface area contributed by atoms with Gasteiger partial charge in [0.05, 0.1) is 17.4 Å². The van der Waals surface area contributed by atoms with Gasteiger partial charge in [0.25, 0.3) is 5.91 Å². The van der Waals surface area contributed by atoms with E-state index in [1.807, 2.05) is 5.32 Å². The van der Waals surface area contributed by atoms with E-state index in [1.54, 1.807) is 41.5 Å². The van der Waals surface area contributed by atoms with Gasteiger partial charge in [-0.05, 0) is 48.5 Å². The standard InChI is InChI=1S/C20H31ClN2O8/c1-18(2,3)15(25)29-8-10-12(31-16(26)19(4,5)6)11(21)13(30-10)23-9-20(7,28)14(24)22-17(23)27/h10-13,28H,8-9H2,1-7H3,(H,22,24,27)/t10-,11-,12-,13?,20?/m0/s1. The van der Waals surface area contributed by atoms with E-state index in [4.69, 9.17) is 25.8 Å². The molecule has 2 aliphatic rings. The first-order valence-electron chi connectivity index (χ1n) is 9.97. The molecule has 0 spiro atoms. The molecular formula is C20H31ClN2O8. The number of β-amino-alcohol motifs (C(OH)–C–C–N with tert-alkyl or cyclic N) is 1. The quantitative estimate of drug-likeness (QED) is 0.470. The lowest BCUT2D eigenvalue weighted by Gasteiger charge is -2.39. The van der Waals surface area contributed by atoms with Crippen molar-refractivity contribution < 1.29 is 38.5 Å². The number of imide groups is 1. The van der Waals surface area contributed by atoms with Crippen LogP contribution in [0.25, 0.3) is 0 Å². The van der Waals surface area contributed by atoms with E-state index >= 15 is 0 Å². The normalized spacial score (nSPS) is 32.0. The Hall–Kier alpha value is -1.91. The van der Waals surface area contributed by atoms with Crippen molar-refractivity contribution in [1.82, 2.24) is 10.2 Å². The number of nitrogens with one attached hydrogen (secondary N) is 1. The van der Waals surface area contributed by atoms with E-state index in [1.165, 1.54) is 6.92 Å².